The second-order valence-corrected chi connectivity index (χ2v) is 6.76. The van der Waals surface area contributed by atoms with E-state index in [1.54, 1.807) is 0 Å². The molecule has 2 aromatic carbocycles. The molecule has 1 fully saturated rings. The van der Waals surface area contributed by atoms with Crippen LogP contribution in [0.5, 0.6) is 0 Å². The summed E-state index contributed by atoms with van der Waals surface area (Å²) in [5, 5.41) is 2.90. The predicted octanol–water partition coefficient (Wildman–Crippen LogP) is 4.77. The number of anilines is 1. The summed E-state index contributed by atoms with van der Waals surface area (Å²) in [4.78, 5) is 14.7. The minimum absolute atomic E-state index is 0.329. The molecule has 1 amide bonds. The molecule has 1 aliphatic heterocycles. The Labute approximate surface area is 149 Å². The van der Waals surface area contributed by atoms with E-state index in [0.29, 0.717) is 18.7 Å². The van der Waals surface area contributed by atoms with E-state index in [1.165, 1.54) is 6.42 Å². The van der Waals surface area contributed by atoms with E-state index in [-0.39, 0.29) is 6.09 Å². The Hall–Kier alpha value is -2.33. The molecule has 4 nitrogen and oxygen atoms in total. The first-order valence-electron chi connectivity index (χ1n) is 8.99. The van der Waals surface area contributed by atoms with Crippen LogP contribution in [-0.2, 0) is 4.74 Å². The van der Waals surface area contributed by atoms with Crippen molar-refractivity contribution in [2.24, 2.45) is 0 Å². The number of nitrogens with one attached hydrogen (secondary N) is 1. The fourth-order valence-corrected chi connectivity index (χ4v) is 3.50. The monoisotopic (exact) mass is 338 g/mol. The lowest BCUT2D eigenvalue weighted by atomic mass is 10.0. The van der Waals surface area contributed by atoms with Crippen LogP contribution in [0.1, 0.15) is 26.7 Å². The fourth-order valence-electron chi connectivity index (χ4n) is 3.50. The molecule has 0 saturated carbocycles. The van der Waals surface area contributed by atoms with E-state index in [1.807, 2.05) is 54.6 Å². The van der Waals surface area contributed by atoms with Crippen molar-refractivity contribution in [2.75, 3.05) is 18.5 Å². The number of rotatable bonds is 5. The zero-order valence-corrected chi connectivity index (χ0v) is 14.9. The Morgan fingerprint density at radius 3 is 2.64 bits per heavy atom. The van der Waals surface area contributed by atoms with Crippen molar-refractivity contribution in [2.45, 2.75) is 38.8 Å². The van der Waals surface area contributed by atoms with Gasteiger partial charge in [-0.05, 0) is 44.9 Å². The summed E-state index contributed by atoms with van der Waals surface area (Å²) in [6, 6.07) is 18.6. The van der Waals surface area contributed by atoms with Gasteiger partial charge in [-0.15, -0.1) is 0 Å². The van der Waals surface area contributed by atoms with Crippen LogP contribution < -0.4 is 5.32 Å². The lowest BCUT2D eigenvalue weighted by Crippen LogP contribution is -2.39. The lowest BCUT2D eigenvalue weighted by Gasteiger charge is -2.27. The Kier molecular flexibility index (Phi) is 5.71. The number of amides is 1. The maximum absolute atomic E-state index is 12.3. The van der Waals surface area contributed by atoms with Gasteiger partial charge in [-0.1, -0.05) is 48.5 Å². The van der Waals surface area contributed by atoms with Crippen LogP contribution in [0.15, 0.2) is 54.6 Å². The molecule has 0 radical (unpaired) electrons. The van der Waals surface area contributed by atoms with E-state index in [4.69, 9.17) is 4.74 Å². The standard InChI is InChI=1S/C21H26N2O2/c1-16(2)23-14-8-11-18(23)15-25-21(24)22-20-13-7-6-12-19(20)17-9-4-3-5-10-17/h3-7,9-10,12-13,16,18H,8,11,14-15H2,1-2H3,(H,22,24). The fraction of sp³-hybridized carbons (Fsp3) is 0.381. The highest BCUT2D eigenvalue weighted by Gasteiger charge is 2.27. The number of likely N-dealkylation sites (tertiary alicyclic amines) is 1. The first-order valence-corrected chi connectivity index (χ1v) is 8.99. The summed E-state index contributed by atoms with van der Waals surface area (Å²) in [5.41, 5.74) is 2.83. The molecule has 4 heteroatoms. The normalized spacial score (nSPS) is 17.6. The Morgan fingerprint density at radius 1 is 1.16 bits per heavy atom. The molecule has 1 saturated heterocycles. The third-order valence-corrected chi connectivity index (χ3v) is 4.74. The number of hydrogen-bond acceptors (Lipinski definition) is 3. The molecule has 1 aliphatic rings. The second-order valence-electron chi connectivity index (χ2n) is 6.76. The highest BCUT2D eigenvalue weighted by atomic mass is 16.5. The van der Waals surface area contributed by atoms with Crippen molar-refractivity contribution in [1.29, 1.82) is 0 Å². The molecule has 1 unspecified atom stereocenters. The minimum atomic E-state index is -0.390. The summed E-state index contributed by atoms with van der Waals surface area (Å²) in [6.07, 6.45) is 1.87. The summed E-state index contributed by atoms with van der Waals surface area (Å²) >= 11 is 0. The molecular weight excluding hydrogens is 312 g/mol. The SMILES string of the molecule is CC(C)N1CCCC1COC(=O)Nc1ccccc1-c1ccccc1. The molecule has 1 heterocycles. The largest absolute Gasteiger partial charge is 0.448 e. The number of para-hydroxylation sites is 1. The number of ether oxygens (including phenoxy) is 1. The average Bonchev–Trinajstić information content (AvgIpc) is 3.10. The van der Waals surface area contributed by atoms with Crippen LogP contribution in [0.2, 0.25) is 0 Å². The molecule has 0 bridgehead atoms. The van der Waals surface area contributed by atoms with Crippen LogP contribution in [0.4, 0.5) is 10.5 Å². The van der Waals surface area contributed by atoms with E-state index in [9.17, 15) is 4.79 Å². The number of nitrogens with zero attached hydrogens (tertiary/aromatic N) is 1. The third kappa shape index (κ3) is 4.40. The number of carbonyl (C=O) groups is 1. The van der Waals surface area contributed by atoms with Gasteiger partial charge < -0.3 is 4.74 Å². The highest BCUT2D eigenvalue weighted by molar-refractivity contribution is 5.91. The van der Waals surface area contributed by atoms with Gasteiger partial charge in [0.2, 0.25) is 0 Å². The number of carbonyl (C=O) groups excluding carboxylic acids is 1. The Balaban J connectivity index is 1.62. The smallest absolute Gasteiger partial charge is 0.411 e. The van der Waals surface area contributed by atoms with Gasteiger partial charge in [0.1, 0.15) is 6.61 Å². The summed E-state index contributed by atoms with van der Waals surface area (Å²) in [5.74, 6) is 0. The average molecular weight is 338 g/mol. The molecule has 1 atom stereocenters. The Morgan fingerprint density at radius 2 is 1.88 bits per heavy atom. The zero-order valence-electron chi connectivity index (χ0n) is 14.9. The van der Waals surface area contributed by atoms with Crippen LogP contribution in [0.25, 0.3) is 11.1 Å². The van der Waals surface area contributed by atoms with Gasteiger partial charge in [-0.2, -0.15) is 0 Å². The number of hydrogen-bond donors (Lipinski definition) is 1. The third-order valence-electron chi connectivity index (χ3n) is 4.74. The van der Waals surface area contributed by atoms with Gasteiger partial charge in [0, 0.05) is 17.6 Å². The van der Waals surface area contributed by atoms with Crippen molar-refractivity contribution in [3.8, 4) is 11.1 Å². The maximum atomic E-state index is 12.3. The first-order chi connectivity index (χ1) is 12.1. The van der Waals surface area contributed by atoms with Gasteiger partial charge in [-0.3, -0.25) is 10.2 Å². The summed E-state index contributed by atoms with van der Waals surface area (Å²) in [6.45, 7) is 5.91. The molecule has 1 N–H and O–H groups in total. The van der Waals surface area contributed by atoms with Crippen LogP contribution >= 0.6 is 0 Å². The molecule has 3 rings (SSSR count). The quantitative estimate of drug-likeness (QED) is 0.853. The first kappa shape index (κ1) is 17.5. The van der Waals surface area contributed by atoms with Crippen molar-refractivity contribution in [3.05, 3.63) is 54.6 Å². The lowest BCUT2D eigenvalue weighted by molar-refractivity contribution is 0.104. The van der Waals surface area contributed by atoms with Crippen LogP contribution in [0.3, 0.4) is 0 Å². The van der Waals surface area contributed by atoms with Gasteiger partial charge in [0.05, 0.1) is 5.69 Å². The molecule has 132 valence electrons. The van der Waals surface area contributed by atoms with Gasteiger partial charge in [0.15, 0.2) is 0 Å². The van der Waals surface area contributed by atoms with Crippen LogP contribution in [0, 0.1) is 0 Å². The number of benzene rings is 2. The zero-order chi connectivity index (χ0) is 17.6. The van der Waals surface area contributed by atoms with E-state index in [2.05, 4.69) is 24.1 Å². The predicted molar refractivity (Wildman–Crippen MR) is 102 cm³/mol. The van der Waals surface area contributed by atoms with Gasteiger partial charge in [0.25, 0.3) is 0 Å². The van der Waals surface area contributed by atoms with Crippen molar-refractivity contribution in [3.63, 3.8) is 0 Å². The molecular formula is C21H26N2O2. The summed E-state index contributed by atoms with van der Waals surface area (Å²) in [7, 11) is 0. The van der Waals surface area contributed by atoms with E-state index < -0.39 is 0 Å². The summed E-state index contributed by atoms with van der Waals surface area (Å²) < 4.78 is 5.51. The van der Waals surface area contributed by atoms with Crippen molar-refractivity contribution >= 4 is 11.8 Å². The van der Waals surface area contributed by atoms with Crippen molar-refractivity contribution < 1.29 is 9.53 Å². The van der Waals surface area contributed by atoms with E-state index >= 15 is 0 Å². The highest BCUT2D eigenvalue weighted by Crippen LogP contribution is 2.27. The molecule has 0 spiro atoms. The molecule has 25 heavy (non-hydrogen) atoms. The van der Waals surface area contributed by atoms with E-state index in [0.717, 1.165) is 29.8 Å². The minimum Gasteiger partial charge on any atom is -0.448 e. The molecule has 0 aromatic heterocycles. The maximum Gasteiger partial charge on any atom is 0.411 e. The topological polar surface area (TPSA) is 41.6 Å². The van der Waals surface area contributed by atoms with Gasteiger partial charge >= 0.3 is 6.09 Å². The van der Waals surface area contributed by atoms with Gasteiger partial charge in [-0.25, -0.2) is 4.79 Å². The van der Waals surface area contributed by atoms with Crippen LogP contribution in [-0.4, -0.2) is 36.2 Å². The Bertz CT molecular complexity index is 700. The second kappa shape index (κ2) is 8.17. The molecule has 2 aromatic rings. The van der Waals surface area contributed by atoms with Crippen molar-refractivity contribution in [1.82, 2.24) is 4.90 Å². The molecule has 0 aliphatic carbocycles.